The highest BCUT2D eigenvalue weighted by atomic mass is 16.2. The number of carbonyl (C=O) groups is 2. The Morgan fingerprint density at radius 3 is 2.89 bits per heavy atom. The van der Waals surface area contributed by atoms with Crippen LogP contribution in [0, 0.1) is 0 Å². The molecule has 0 bridgehead atoms. The van der Waals surface area contributed by atoms with E-state index < -0.39 is 0 Å². The molecule has 0 saturated carbocycles. The highest BCUT2D eigenvalue weighted by molar-refractivity contribution is 5.87. The van der Waals surface area contributed by atoms with Gasteiger partial charge in [-0.2, -0.15) is 9.78 Å². The standard InChI is InChI=1S/C9H11N7O2/c1-6(17)12-8-4-15(14-13-8)5-9(18)16-7(10)2-3-11-16/h2-4H,5,10H2,1H3,(H,12,17). The molecule has 2 rings (SSSR count). The lowest BCUT2D eigenvalue weighted by Gasteiger charge is -2.01. The predicted octanol–water partition coefficient (Wildman–Crippen LogP) is -0.644. The molecular formula is C9H11N7O2. The van der Waals surface area contributed by atoms with Gasteiger partial charge in [-0.3, -0.25) is 9.59 Å². The molecule has 0 aliphatic heterocycles. The molecule has 3 N–H and O–H groups in total. The van der Waals surface area contributed by atoms with Crippen LogP contribution in [0.4, 0.5) is 11.6 Å². The van der Waals surface area contributed by atoms with Gasteiger partial charge in [0, 0.05) is 13.0 Å². The zero-order chi connectivity index (χ0) is 13.1. The number of nitrogen functional groups attached to an aromatic ring is 1. The Bertz CT molecular complexity index is 585. The maximum absolute atomic E-state index is 11.8. The molecule has 0 spiro atoms. The third-order valence-corrected chi connectivity index (χ3v) is 2.05. The number of nitrogens with one attached hydrogen (secondary N) is 1. The van der Waals surface area contributed by atoms with Crippen molar-refractivity contribution >= 4 is 23.5 Å². The molecule has 18 heavy (non-hydrogen) atoms. The summed E-state index contributed by atoms with van der Waals surface area (Å²) in [6, 6.07) is 1.52. The first-order chi connectivity index (χ1) is 8.56. The summed E-state index contributed by atoms with van der Waals surface area (Å²) in [5.41, 5.74) is 5.54. The summed E-state index contributed by atoms with van der Waals surface area (Å²) in [6.45, 7) is 1.28. The largest absolute Gasteiger partial charge is 0.383 e. The van der Waals surface area contributed by atoms with E-state index in [2.05, 4.69) is 20.7 Å². The summed E-state index contributed by atoms with van der Waals surface area (Å²) in [6.07, 6.45) is 2.87. The summed E-state index contributed by atoms with van der Waals surface area (Å²) < 4.78 is 2.36. The van der Waals surface area contributed by atoms with Crippen molar-refractivity contribution in [1.29, 1.82) is 0 Å². The van der Waals surface area contributed by atoms with Gasteiger partial charge in [-0.1, -0.05) is 5.21 Å². The summed E-state index contributed by atoms with van der Waals surface area (Å²) >= 11 is 0. The quantitative estimate of drug-likeness (QED) is 0.746. The van der Waals surface area contributed by atoms with Crippen LogP contribution in [0.3, 0.4) is 0 Å². The molecule has 94 valence electrons. The van der Waals surface area contributed by atoms with Crippen molar-refractivity contribution in [2.75, 3.05) is 11.1 Å². The van der Waals surface area contributed by atoms with E-state index in [0.717, 1.165) is 4.68 Å². The molecule has 2 aromatic heterocycles. The molecule has 2 aromatic rings. The van der Waals surface area contributed by atoms with Gasteiger partial charge in [-0.25, -0.2) is 4.68 Å². The molecule has 0 aliphatic rings. The fourth-order valence-electron chi connectivity index (χ4n) is 1.34. The van der Waals surface area contributed by atoms with Crippen LogP contribution in [0.2, 0.25) is 0 Å². The maximum Gasteiger partial charge on any atom is 0.270 e. The van der Waals surface area contributed by atoms with Crippen LogP contribution in [-0.2, 0) is 11.3 Å². The molecule has 9 heteroatoms. The van der Waals surface area contributed by atoms with Gasteiger partial charge in [0.15, 0.2) is 5.82 Å². The average Bonchev–Trinajstić information content (AvgIpc) is 2.87. The topological polar surface area (TPSA) is 121 Å². The molecule has 0 aromatic carbocycles. The molecule has 2 heterocycles. The Morgan fingerprint density at radius 1 is 1.50 bits per heavy atom. The van der Waals surface area contributed by atoms with E-state index in [1.165, 1.54) is 30.1 Å². The molecule has 0 fully saturated rings. The van der Waals surface area contributed by atoms with Crippen molar-refractivity contribution < 1.29 is 9.59 Å². The SMILES string of the molecule is CC(=O)Nc1cn(CC(=O)n2nccc2N)nn1. The van der Waals surface area contributed by atoms with Gasteiger partial charge in [0.25, 0.3) is 5.91 Å². The van der Waals surface area contributed by atoms with Gasteiger partial charge < -0.3 is 11.1 Å². The number of carbonyl (C=O) groups excluding carboxylic acids is 2. The second kappa shape index (κ2) is 4.65. The molecule has 9 nitrogen and oxygen atoms in total. The average molecular weight is 249 g/mol. The van der Waals surface area contributed by atoms with Crippen molar-refractivity contribution in [3.63, 3.8) is 0 Å². The summed E-state index contributed by atoms with van der Waals surface area (Å²) in [4.78, 5) is 22.6. The Balaban J connectivity index is 2.06. The van der Waals surface area contributed by atoms with Crippen LogP contribution in [0.25, 0.3) is 0 Å². The fourth-order valence-corrected chi connectivity index (χ4v) is 1.34. The number of nitrogens with two attached hydrogens (primary N) is 1. The van der Waals surface area contributed by atoms with E-state index in [0.29, 0.717) is 0 Å². The lowest BCUT2D eigenvalue weighted by Crippen LogP contribution is -2.20. The minimum absolute atomic E-state index is 0.0710. The van der Waals surface area contributed by atoms with E-state index in [4.69, 9.17) is 5.73 Å². The lowest BCUT2D eigenvalue weighted by atomic mass is 10.5. The number of amides is 1. The Kier molecular flexibility index (Phi) is 3.04. The number of anilines is 2. The van der Waals surface area contributed by atoms with Gasteiger partial charge >= 0.3 is 0 Å². The van der Waals surface area contributed by atoms with Crippen LogP contribution < -0.4 is 11.1 Å². The van der Waals surface area contributed by atoms with Gasteiger partial charge in [0.05, 0.1) is 12.4 Å². The zero-order valence-electron chi connectivity index (χ0n) is 9.57. The van der Waals surface area contributed by atoms with Crippen LogP contribution >= 0.6 is 0 Å². The molecule has 0 atom stereocenters. The van der Waals surface area contributed by atoms with E-state index in [-0.39, 0.29) is 30.0 Å². The molecule has 0 unspecified atom stereocenters. The van der Waals surface area contributed by atoms with Gasteiger partial charge in [0.2, 0.25) is 5.91 Å². The van der Waals surface area contributed by atoms with E-state index in [1.54, 1.807) is 0 Å². The summed E-state index contributed by atoms with van der Waals surface area (Å²) in [5, 5.41) is 13.6. The third kappa shape index (κ3) is 2.51. The predicted molar refractivity (Wildman–Crippen MR) is 61.6 cm³/mol. The fraction of sp³-hybridized carbons (Fsp3) is 0.222. The number of aromatic nitrogens is 5. The van der Waals surface area contributed by atoms with Gasteiger partial charge in [-0.15, -0.1) is 5.10 Å². The third-order valence-electron chi connectivity index (χ3n) is 2.05. The van der Waals surface area contributed by atoms with Crippen LogP contribution in [0.1, 0.15) is 11.7 Å². The number of nitrogens with zero attached hydrogens (tertiary/aromatic N) is 5. The number of hydrogen-bond acceptors (Lipinski definition) is 6. The van der Waals surface area contributed by atoms with Crippen molar-refractivity contribution in [2.24, 2.45) is 0 Å². The monoisotopic (exact) mass is 249 g/mol. The number of rotatable bonds is 3. The Hall–Kier alpha value is -2.71. The van der Waals surface area contributed by atoms with Gasteiger partial charge in [-0.05, 0) is 0 Å². The first-order valence-electron chi connectivity index (χ1n) is 5.06. The Morgan fingerprint density at radius 2 is 2.28 bits per heavy atom. The molecular weight excluding hydrogens is 238 g/mol. The molecule has 0 radical (unpaired) electrons. The van der Waals surface area contributed by atoms with Crippen molar-refractivity contribution in [1.82, 2.24) is 24.8 Å². The maximum atomic E-state index is 11.8. The van der Waals surface area contributed by atoms with Crippen LogP contribution in [0.15, 0.2) is 18.5 Å². The number of hydrogen-bond donors (Lipinski definition) is 2. The Labute approximate surface area is 102 Å². The van der Waals surface area contributed by atoms with Crippen LogP contribution in [-0.4, -0.2) is 36.6 Å². The highest BCUT2D eigenvalue weighted by Crippen LogP contribution is 2.03. The second-order valence-electron chi connectivity index (χ2n) is 3.54. The summed E-state index contributed by atoms with van der Waals surface area (Å²) in [5.74, 6) is -0.0765. The lowest BCUT2D eigenvalue weighted by molar-refractivity contribution is -0.114. The van der Waals surface area contributed by atoms with Crippen molar-refractivity contribution in [3.05, 3.63) is 18.5 Å². The normalized spacial score (nSPS) is 10.3. The minimum atomic E-state index is -0.350. The van der Waals surface area contributed by atoms with E-state index in [1.807, 2.05) is 0 Å². The second-order valence-corrected chi connectivity index (χ2v) is 3.54. The first-order valence-corrected chi connectivity index (χ1v) is 5.06. The van der Waals surface area contributed by atoms with Gasteiger partial charge in [0.1, 0.15) is 12.4 Å². The van der Waals surface area contributed by atoms with Crippen molar-refractivity contribution in [2.45, 2.75) is 13.5 Å². The van der Waals surface area contributed by atoms with E-state index >= 15 is 0 Å². The molecule has 0 aliphatic carbocycles. The molecule has 1 amide bonds. The smallest absolute Gasteiger partial charge is 0.270 e. The molecule has 0 saturated heterocycles. The summed E-state index contributed by atoms with van der Waals surface area (Å²) in [7, 11) is 0. The first kappa shape index (κ1) is 11.8. The highest BCUT2D eigenvalue weighted by Gasteiger charge is 2.11. The zero-order valence-corrected chi connectivity index (χ0v) is 9.57. The van der Waals surface area contributed by atoms with Crippen molar-refractivity contribution in [3.8, 4) is 0 Å². The van der Waals surface area contributed by atoms with Crippen LogP contribution in [0.5, 0.6) is 0 Å². The minimum Gasteiger partial charge on any atom is -0.383 e. The van der Waals surface area contributed by atoms with E-state index in [9.17, 15) is 9.59 Å².